The number of carbonyl (C=O) groups excluding carboxylic acids is 3. The van der Waals surface area contributed by atoms with Gasteiger partial charge in [0.05, 0.1) is 5.57 Å². The van der Waals surface area contributed by atoms with Gasteiger partial charge in [-0.2, -0.15) is 0 Å². The third-order valence-corrected chi connectivity index (χ3v) is 3.24. The van der Waals surface area contributed by atoms with Crippen LogP contribution < -0.4 is 15.8 Å². The summed E-state index contributed by atoms with van der Waals surface area (Å²) in [6, 6.07) is 6.27. The van der Waals surface area contributed by atoms with Crippen LogP contribution in [0.25, 0.3) is 6.08 Å². The summed E-state index contributed by atoms with van der Waals surface area (Å²) >= 11 is 0. The van der Waals surface area contributed by atoms with E-state index in [0.29, 0.717) is 11.3 Å². The Kier molecular flexibility index (Phi) is 5.00. The van der Waals surface area contributed by atoms with E-state index in [1.165, 1.54) is 0 Å². The van der Waals surface area contributed by atoms with Crippen LogP contribution in [0.1, 0.15) is 19.4 Å². The van der Waals surface area contributed by atoms with Crippen LogP contribution in [0, 0.1) is 5.92 Å². The number of fused-ring (bicyclic) bond motifs is 1. The van der Waals surface area contributed by atoms with Crippen molar-refractivity contribution in [3.05, 3.63) is 35.4 Å². The summed E-state index contributed by atoms with van der Waals surface area (Å²) < 4.78 is 10.7. The number of para-hydroxylation sites is 1. The molecule has 0 unspecified atom stereocenters. The van der Waals surface area contributed by atoms with Gasteiger partial charge >= 0.3 is 12.0 Å². The van der Waals surface area contributed by atoms with Gasteiger partial charge in [-0.3, -0.25) is 10.1 Å². The molecule has 1 aromatic carbocycles. The first-order chi connectivity index (χ1) is 10.9. The largest absolute Gasteiger partial charge is 0.488 e. The van der Waals surface area contributed by atoms with Crippen molar-refractivity contribution in [3.8, 4) is 5.75 Å². The van der Waals surface area contributed by atoms with Gasteiger partial charge in [-0.15, -0.1) is 0 Å². The molecule has 0 aliphatic carbocycles. The third kappa shape index (κ3) is 4.09. The fourth-order valence-electron chi connectivity index (χ4n) is 2.11. The van der Waals surface area contributed by atoms with Crippen molar-refractivity contribution in [2.24, 2.45) is 11.7 Å². The summed E-state index contributed by atoms with van der Waals surface area (Å²) in [5.41, 5.74) is 5.97. The first kappa shape index (κ1) is 16.5. The summed E-state index contributed by atoms with van der Waals surface area (Å²) in [5.74, 6) is -1.07. The smallest absolute Gasteiger partial charge is 0.338 e. The number of hydrogen-bond donors (Lipinski definition) is 2. The maximum Gasteiger partial charge on any atom is 0.338 e. The van der Waals surface area contributed by atoms with Crippen LogP contribution in [0.15, 0.2) is 29.8 Å². The number of primary amides is 1. The van der Waals surface area contributed by atoms with E-state index >= 15 is 0 Å². The molecule has 1 heterocycles. The van der Waals surface area contributed by atoms with Crippen LogP contribution in [-0.2, 0) is 14.3 Å². The van der Waals surface area contributed by atoms with E-state index in [9.17, 15) is 14.4 Å². The van der Waals surface area contributed by atoms with Crippen LogP contribution in [-0.4, -0.2) is 30.6 Å². The summed E-state index contributed by atoms with van der Waals surface area (Å²) in [7, 11) is 0. The second-order valence-electron chi connectivity index (χ2n) is 5.42. The zero-order chi connectivity index (χ0) is 17.0. The highest BCUT2D eigenvalue weighted by molar-refractivity contribution is 5.99. The van der Waals surface area contributed by atoms with Gasteiger partial charge in [0, 0.05) is 5.56 Å². The molecule has 1 atom stereocenters. The number of hydrogen-bond acceptors (Lipinski definition) is 5. The minimum absolute atomic E-state index is 0.0537. The molecule has 0 saturated heterocycles. The normalized spacial score (nSPS) is 14.1. The number of urea groups is 1. The standard InChI is InChI=1S/C16H18N2O5/c1-9(2)13(14(19)18-16(17)21)23-15(20)11-7-10-5-3-4-6-12(10)22-8-11/h3-7,9,13H,8H2,1-2H3,(H3,17,18,19,21)/t13-/m1/s1. The Morgan fingerprint density at radius 3 is 2.61 bits per heavy atom. The zero-order valence-electron chi connectivity index (χ0n) is 12.9. The summed E-state index contributed by atoms with van der Waals surface area (Å²) in [4.78, 5) is 34.9. The second kappa shape index (κ2) is 6.95. The van der Waals surface area contributed by atoms with E-state index in [2.05, 4.69) is 0 Å². The van der Waals surface area contributed by atoms with E-state index in [0.717, 1.165) is 5.56 Å². The fraction of sp³-hybridized carbons (Fsp3) is 0.312. The number of amides is 3. The highest BCUT2D eigenvalue weighted by atomic mass is 16.6. The van der Waals surface area contributed by atoms with Gasteiger partial charge in [0.2, 0.25) is 0 Å². The van der Waals surface area contributed by atoms with Gasteiger partial charge in [0.25, 0.3) is 5.91 Å². The molecule has 0 fully saturated rings. The lowest BCUT2D eigenvalue weighted by Gasteiger charge is -2.22. The minimum atomic E-state index is -1.12. The lowest BCUT2D eigenvalue weighted by atomic mass is 10.1. The molecule has 1 aliphatic rings. The molecular formula is C16H18N2O5. The third-order valence-electron chi connectivity index (χ3n) is 3.24. The monoisotopic (exact) mass is 318 g/mol. The highest BCUT2D eigenvalue weighted by Crippen LogP contribution is 2.26. The molecule has 3 N–H and O–H groups in total. The van der Waals surface area contributed by atoms with Crippen LogP contribution >= 0.6 is 0 Å². The number of nitrogens with two attached hydrogens (primary N) is 1. The molecule has 0 spiro atoms. The van der Waals surface area contributed by atoms with Gasteiger partial charge in [-0.05, 0) is 18.1 Å². The van der Waals surface area contributed by atoms with E-state index in [1.54, 1.807) is 26.0 Å². The van der Waals surface area contributed by atoms with Gasteiger partial charge in [-0.25, -0.2) is 9.59 Å². The Balaban J connectivity index is 2.12. The number of rotatable bonds is 4. The SMILES string of the molecule is CC(C)[C@@H](OC(=O)C1=Cc2ccccc2OC1)C(=O)NC(N)=O. The summed E-state index contributed by atoms with van der Waals surface area (Å²) in [6.07, 6.45) is 0.540. The predicted molar refractivity (Wildman–Crippen MR) is 82.4 cm³/mol. The topological polar surface area (TPSA) is 108 Å². The van der Waals surface area contributed by atoms with Crippen LogP contribution in [0.5, 0.6) is 5.75 Å². The molecule has 1 aliphatic heterocycles. The lowest BCUT2D eigenvalue weighted by Crippen LogP contribution is -2.45. The molecule has 7 heteroatoms. The molecule has 7 nitrogen and oxygen atoms in total. The molecule has 0 aromatic heterocycles. The fourth-order valence-corrected chi connectivity index (χ4v) is 2.11. The van der Waals surface area contributed by atoms with Crippen molar-refractivity contribution in [1.82, 2.24) is 5.32 Å². The van der Waals surface area contributed by atoms with Crippen molar-refractivity contribution < 1.29 is 23.9 Å². The second-order valence-corrected chi connectivity index (χ2v) is 5.42. The molecular weight excluding hydrogens is 300 g/mol. The van der Waals surface area contributed by atoms with Crippen molar-refractivity contribution in [3.63, 3.8) is 0 Å². The number of nitrogens with one attached hydrogen (secondary N) is 1. The molecule has 3 amide bonds. The number of benzene rings is 1. The Hall–Kier alpha value is -2.83. The Labute approximate surface area is 133 Å². The van der Waals surface area contributed by atoms with Gasteiger partial charge in [0.15, 0.2) is 6.10 Å². The molecule has 0 bridgehead atoms. The van der Waals surface area contributed by atoms with Gasteiger partial charge in [-0.1, -0.05) is 32.0 Å². The Morgan fingerprint density at radius 1 is 1.26 bits per heavy atom. The predicted octanol–water partition coefficient (Wildman–Crippen LogP) is 1.23. The highest BCUT2D eigenvalue weighted by Gasteiger charge is 2.29. The van der Waals surface area contributed by atoms with E-state index in [4.69, 9.17) is 15.2 Å². The average molecular weight is 318 g/mol. The quantitative estimate of drug-likeness (QED) is 0.812. The number of imide groups is 1. The Morgan fingerprint density at radius 2 is 1.96 bits per heavy atom. The molecule has 1 aromatic rings. The maximum atomic E-state index is 12.2. The van der Waals surface area contributed by atoms with Crippen LogP contribution in [0.3, 0.4) is 0 Å². The zero-order valence-corrected chi connectivity index (χ0v) is 12.9. The van der Waals surface area contributed by atoms with Crippen molar-refractivity contribution in [2.45, 2.75) is 20.0 Å². The molecule has 122 valence electrons. The van der Waals surface area contributed by atoms with E-state index < -0.39 is 24.0 Å². The molecule has 23 heavy (non-hydrogen) atoms. The van der Waals surface area contributed by atoms with Gasteiger partial charge in [0.1, 0.15) is 12.4 Å². The van der Waals surface area contributed by atoms with Crippen molar-refractivity contribution in [2.75, 3.05) is 6.61 Å². The first-order valence-electron chi connectivity index (χ1n) is 7.12. The maximum absolute atomic E-state index is 12.2. The summed E-state index contributed by atoms with van der Waals surface area (Å²) in [5, 5.41) is 1.92. The number of esters is 1. The average Bonchev–Trinajstić information content (AvgIpc) is 2.50. The Bertz CT molecular complexity index is 666. The molecule has 0 saturated carbocycles. The van der Waals surface area contributed by atoms with E-state index in [1.807, 2.05) is 23.5 Å². The number of ether oxygens (including phenoxy) is 2. The molecule has 2 rings (SSSR count). The van der Waals surface area contributed by atoms with Crippen LogP contribution in [0.4, 0.5) is 4.79 Å². The van der Waals surface area contributed by atoms with Gasteiger partial charge < -0.3 is 15.2 Å². The van der Waals surface area contributed by atoms with Crippen LogP contribution in [0.2, 0.25) is 0 Å². The van der Waals surface area contributed by atoms with Crippen molar-refractivity contribution >= 4 is 24.0 Å². The lowest BCUT2D eigenvalue weighted by molar-refractivity contribution is -0.154. The first-order valence-corrected chi connectivity index (χ1v) is 7.12. The minimum Gasteiger partial charge on any atom is -0.488 e. The summed E-state index contributed by atoms with van der Waals surface area (Å²) in [6.45, 7) is 3.44. The van der Waals surface area contributed by atoms with E-state index in [-0.39, 0.29) is 12.5 Å². The number of carbonyl (C=O) groups is 3. The van der Waals surface area contributed by atoms with Crippen molar-refractivity contribution in [1.29, 1.82) is 0 Å². The molecule has 0 radical (unpaired) electrons.